The van der Waals surface area contributed by atoms with Gasteiger partial charge in [-0.2, -0.15) is 5.26 Å². The summed E-state index contributed by atoms with van der Waals surface area (Å²) in [5.74, 6) is 0.618. The lowest BCUT2D eigenvalue weighted by Crippen LogP contribution is -2.14. The van der Waals surface area contributed by atoms with Gasteiger partial charge in [-0.25, -0.2) is 0 Å². The van der Waals surface area contributed by atoms with E-state index in [-0.39, 0.29) is 11.7 Å². The summed E-state index contributed by atoms with van der Waals surface area (Å²) in [7, 11) is 0. The zero-order valence-electron chi connectivity index (χ0n) is 19.6. The molecule has 3 heterocycles. The van der Waals surface area contributed by atoms with Gasteiger partial charge in [-0.1, -0.05) is 41.6 Å². The van der Waals surface area contributed by atoms with Crippen LogP contribution in [0.5, 0.6) is 0 Å². The Morgan fingerprint density at radius 1 is 1.16 bits per heavy atom. The second kappa shape index (κ2) is 10.1. The molecule has 1 aliphatic carbocycles. The van der Waals surface area contributed by atoms with E-state index in [9.17, 15) is 10.1 Å². The first-order chi connectivity index (χ1) is 18.1. The third kappa shape index (κ3) is 4.53. The van der Waals surface area contributed by atoms with Crippen LogP contribution in [0, 0.1) is 11.3 Å². The average molecular weight is 545 g/mol. The molecule has 0 saturated carbocycles. The number of para-hydroxylation sites is 1. The van der Waals surface area contributed by atoms with Crippen molar-refractivity contribution in [1.29, 1.82) is 5.26 Å². The summed E-state index contributed by atoms with van der Waals surface area (Å²) in [6.45, 7) is 0. The lowest BCUT2D eigenvalue weighted by Gasteiger charge is -2.10. The number of hydrogen-bond donors (Lipinski definition) is 2. The van der Waals surface area contributed by atoms with Crippen molar-refractivity contribution >= 4 is 56.5 Å². The van der Waals surface area contributed by atoms with Crippen molar-refractivity contribution in [2.45, 2.75) is 30.8 Å². The number of thiophene rings is 1. The summed E-state index contributed by atoms with van der Waals surface area (Å²) in [5.41, 5.74) is 4.48. The van der Waals surface area contributed by atoms with E-state index in [2.05, 4.69) is 26.6 Å². The molecular weight excluding hydrogens is 524 g/mol. The predicted octanol–water partition coefficient (Wildman–Crippen LogP) is 6.61. The fourth-order valence-electron chi connectivity index (χ4n) is 4.68. The average Bonchev–Trinajstić information content (AvgIpc) is 3.62. The number of nitrogens with zero attached hydrogens (tertiary/aromatic N) is 4. The first kappa shape index (κ1) is 23.8. The topological polar surface area (TPSA) is 99.4 Å². The summed E-state index contributed by atoms with van der Waals surface area (Å²) in [5, 5.41) is 24.5. The summed E-state index contributed by atoms with van der Waals surface area (Å²) >= 11 is 8.98. The monoisotopic (exact) mass is 544 g/mol. The van der Waals surface area contributed by atoms with Crippen molar-refractivity contribution in [2.75, 3.05) is 11.1 Å². The number of amides is 1. The van der Waals surface area contributed by atoms with Crippen LogP contribution >= 0.6 is 34.7 Å². The van der Waals surface area contributed by atoms with Crippen molar-refractivity contribution in [1.82, 2.24) is 19.7 Å². The lowest BCUT2D eigenvalue weighted by molar-refractivity contribution is -0.113. The highest BCUT2D eigenvalue weighted by molar-refractivity contribution is 7.99. The highest BCUT2D eigenvalue weighted by Crippen LogP contribution is 2.38. The number of rotatable bonds is 6. The molecule has 184 valence electrons. The van der Waals surface area contributed by atoms with Crippen molar-refractivity contribution in [2.24, 2.45) is 0 Å². The second-order valence-electron chi connectivity index (χ2n) is 8.73. The van der Waals surface area contributed by atoms with Crippen LogP contribution in [0.2, 0.25) is 5.02 Å². The highest BCUT2D eigenvalue weighted by atomic mass is 35.5. The molecular formula is C27H21ClN6OS2. The van der Waals surface area contributed by atoms with Gasteiger partial charge in [0.2, 0.25) is 5.91 Å². The van der Waals surface area contributed by atoms with Crippen LogP contribution in [0.1, 0.15) is 28.8 Å². The third-order valence-corrected chi connectivity index (χ3v) is 8.80. The molecule has 0 unspecified atom stereocenters. The fourth-order valence-corrected chi connectivity index (χ4v) is 6.82. The van der Waals surface area contributed by atoms with E-state index in [4.69, 9.17) is 11.6 Å². The number of anilines is 1. The molecule has 2 aromatic carbocycles. The maximum absolute atomic E-state index is 13.0. The van der Waals surface area contributed by atoms with E-state index < -0.39 is 0 Å². The Kier molecular flexibility index (Phi) is 6.47. The van der Waals surface area contributed by atoms with Crippen LogP contribution in [0.4, 0.5) is 5.00 Å². The highest BCUT2D eigenvalue weighted by Gasteiger charge is 2.23. The summed E-state index contributed by atoms with van der Waals surface area (Å²) in [6, 6.07) is 17.8. The van der Waals surface area contributed by atoms with Crippen molar-refractivity contribution in [3.63, 3.8) is 0 Å². The molecule has 0 aliphatic heterocycles. The molecule has 6 rings (SSSR count). The molecule has 0 fully saturated rings. The number of halogens is 1. The number of carbonyl (C=O) groups excluding carboxylic acids is 1. The first-order valence-corrected chi connectivity index (χ1v) is 14.1. The van der Waals surface area contributed by atoms with Gasteiger partial charge in [0.15, 0.2) is 11.0 Å². The number of aromatic amines is 1. The van der Waals surface area contributed by atoms with E-state index >= 15 is 0 Å². The molecule has 37 heavy (non-hydrogen) atoms. The molecule has 0 bridgehead atoms. The number of aryl methyl sites for hydroxylation is 1. The van der Waals surface area contributed by atoms with Gasteiger partial charge in [-0.15, -0.1) is 21.5 Å². The minimum absolute atomic E-state index is 0.132. The van der Waals surface area contributed by atoms with E-state index in [1.165, 1.54) is 28.0 Å². The van der Waals surface area contributed by atoms with Crippen LogP contribution in [-0.2, 0) is 17.6 Å². The Morgan fingerprint density at radius 3 is 2.81 bits per heavy atom. The van der Waals surface area contributed by atoms with Gasteiger partial charge < -0.3 is 10.3 Å². The van der Waals surface area contributed by atoms with E-state index in [0.29, 0.717) is 26.6 Å². The van der Waals surface area contributed by atoms with Gasteiger partial charge in [-0.05, 0) is 61.6 Å². The third-order valence-electron chi connectivity index (χ3n) is 6.42. The Balaban J connectivity index is 1.29. The standard InChI is InChI=1S/C27H21ClN6OS2/c28-16-9-11-17(12-10-16)34-25(21-14-30-22-7-3-1-5-18(21)22)32-33-27(34)36-15-24(35)31-26-20(13-29)19-6-2-4-8-23(19)37-26/h1,3,5,7,9-12,14,30H,2,4,6,8,15H2,(H,31,35). The first-order valence-electron chi connectivity index (χ1n) is 11.9. The number of thioether (sulfide) groups is 1. The molecule has 1 aliphatic rings. The van der Waals surface area contributed by atoms with Crippen LogP contribution in [0.3, 0.4) is 0 Å². The summed E-state index contributed by atoms with van der Waals surface area (Å²) < 4.78 is 1.94. The molecule has 7 nitrogen and oxygen atoms in total. The number of nitriles is 1. The van der Waals surface area contributed by atoms with Gasteiger partial charge in [0.1, 0.15) is 11.1 Å². The maximum atomic E-state index is 13.0. The Morgan fingerprint density at radius 2 is 1.97 bits per heavy atom. The number of hydrogen-bond acceptors (Lipinski definition) is 6. The van der Waals surface area contributed by atoms with Gasteiger partial charge in [-0.3, -0.25) is 9.36 Å². The smallest absolute Gasteiger partial charge is 0.235 e. The van der Waals surface area contributed by atoms with Crippen molar-refractivity contribution < 1.29 is 4.79 Å². The quantitative estimate of drug-likeness (QED) is 0.234. The number of H-pyrrole nitrogens is 1. The Bertz CT molecular complexity index is 1660. The fraction of sp³-hybridized carbons (Fsp3) is 0.185. The number of benzene rings is 2. The Hall–Kier alpha value is -3.58. The molecule has 0 saturated heterocycles. The number of nitrogens with one attached hydrogen (secondary N) is 2. The molecule has 3 aromatic heterocycles. The summed E-state index contributed by atoms with van der Waals surface area (Å²) in [6.07, 6.45) is 6.01. The second-order valence-corrected chi connectivity index (χ2v) is 11.2. The lowest BCUT2D eigenvalue weighted by atomic mass is 9.96. The zero-order chi connectivity index (χ0) is 25.4. The minimum atomic E-state index is -0.181. The Labute approximate surface area is 226 Å². The zero-order valence-corrected chi connectivity index (χ0v) is 22.0. The molecule has 2 N–H and O–H groups in total. The minimum Gasteiger partial charge on any atom is -0.360 e. The molecule has 5 aromatic rings. The van der Waals surface area contributed by atoms with Crippen molar-refractivity contribution in [3.05, 3.63) is 75.8 Å². The molecule has 0 atom stereocenters. The van der Waals surface area contributed by atoms with Crippen molar-refractivity contribution in [3.8, 4) is 23.1 Å². The van der Waals surface area contributed by atoms with Gasteiger partial charge in [0.05, 0.1) is 11.3 Å². The molecule has 0 radical (unpaired) electrons. The number of fused-ring (bicyclic) bond motifs is 2. The van der Waals surface area contributed by atoms with E-state index in [0.717, 1.165) is 53.4 Å². The predicted molar refractivity (Wildman–Crippen MR) is 149 cm³/mol. The van der Waals surface area contributed by atoms with Crippen LogP contribution in [0.25, 0.3) is 28.0 Å². The van der Waals surface area contributed by atoms with Gasteiger partial charge >= 0.3 is 0 Å². The van der Waals surface area contributed by atoms with E-state index in [1.54, 1.807) is 0 Å². The summed E-state index contributed by atoms with van der Waals surface area (Å²) in [4.78, 5) is 17.5. The molecule has 0 spiro atoms. The SMILES string of the molecule is N#Cc1c(NC(=O)CSc2nnc(-c3c[nH]c4ccccc34)n2-c2ccc(Cl)cc2)sc2c1CCCC2. The molecule has 1 amide bonds. The van der Waals surface area contributed by atoms with E-state index in [1.807, 2.05) is 59.3 Å². The number of aromatic nitrogens is 4. The van der Waals surface area contributed by atoms with Crippen LogP contribution < -0.4 is 5.32 Å². The van der Waals surface area contributed by atoms with Gasteiger partial charge in [0.25, 0.3) is 0 Å². The van der Waals surface area contributed by atoms with Crippen LogP contribution in [0.15, 0.2) is 59.9 Å². The normalized spacial score (nSPS) is 12.9. The number of carbonyl (C=O) groups is 1. The van der Waals surface area contributed by atoms with Crippen LogP contribution in [-0.4, -0.2) is 31.4 Å². The maximum Gasteiger partial charge on any atom is 0.235 e. The van der Waals surface area contributed by atoms with Gasteiger partial charge in [0, 0.05) is 38.3 Å². The molecule has 10 heteroatoms. The largest absolute Gasteiger partial charge is 0.360 e.